The van der Waals surface area contributed by atoms with Gasteiger partial charge in [-0.05, 0) is 25.0 Å². The lowest BCUT2D eigenvalue weighted by Gasteiger charge is -2.30. The number of ether oxygens (including phenoxy) is 2. The number of morpholine rings is 1. The van der Waals surface area contributed by atoms with Gasteiger partial charge in [0.05, 0.1) is 25.3 Å². The van der Waals surface area contributed by atoms with Crippen molar-refractivity contribution in [1.29, 1.82) is 0 Å². The van der Waals surface area contributed by atoms with Crippen LogP contribution in [0.25, 0.3) is 0 Å². The number of nitrogens with two attached hydrogens (primary N) is 2. The van der Waals surface area contributed by atoms with Crippen LogP contribution in [0.2, 0.25) is 0 Å². The van der Waals surface area contributed by atoms with Gasteiger partial charge in [0.2, 0.25) is 5.91 Å². The Morgan fingerprint density at radius 2 is 2.24 bits per heavy atom. The number of hydrogen-bond donors (Lipinski definition) is 4. The van der Waals surface area contributed by atoms with E-state index in [1.807, 2.05) is 0 Å². The van der Waals surface area contributed by atoms with Crippen molar-refractivity contribution in [2.75, 3.05) is 31.6 Å². The van der Waals surface area contributed by atoms with Gasteiger partial charge in [-0.15, -0.1) is 0 Å². The molecule has 1 heterocycles. The predicted molar refractivity (Wildman–Crippen MR) is 89.5 cm³/mol. The molecule has 0 saturated carbocycles. The average molecular weight is 354 g/mol. The summed E-state index contributed by atoms with van der Waals surface area (Å²) in [5, 5.41) is 5.80. The molecule has 0 bridgehead atoms. The van der Waals surface area contributed by atoms with E-state index in [1.54, 1.807) is 6.07 Å². The van der Waals surface area contributed by atoms with Crippen LogP contribution in [-0.4, -0.2) is 50.4 Å². The second kappa shape index (κ2) is 9.30. The number of carbonyl (C=O) groups excluding carboxylic acids is 2. The molecule has 6 N–H and O–H groups in total. The van der Waals surface area contributed by atoms with Crippen molar-refractivity contribution in [2.45, 2.75) is 25.0 Å². The highest BCUT2D eigenvalue weighted by Crippen LogP contribution is 2.22. The van der Waals surface area contributed by atoms with Crippen molar-refractivity contribution in [3.05, 3.63) is 29.6 Å². The summed E-state index contributed by atoms with van der Waals surface area (Å²) in [6.45, 7) is 0.892. The van der Waals surface area contributed by atoms with Gasteiger partial charge in [0.1, 0.15) is 12.4 Å². The second-order valence-electron chi connectivity index (χ2n) is 5.75. The normalized spacial score (nSPS) is 20.1. The molecule has 1 aromatic carbocycles. The minimum absolute atomic E-state index is 0.109. The van der Waals surface area contributed by atoms with Gasteiger partial charge in [-0.25, -0.2) is 9.18 Å². The van der Waals surface area contributed by atoms with Gasteiger partial charge in [0, 0.05) is 17.8 Å². The third kappa shape index (κ3) is 5.96. The Bertz CT molecular complexity index is 606. The molecule has 25 heavy (non-hydrogen) atoms. The minimum atomic E-state index is -0.824. The molecule has 1 aliphatic rings. The van der Waals surface area contributed by atoms with Gasteiger partial charge < -0.3 is 31.6 Å². The van der Waals surface area contributed by atoms with E-state index in [0.29, 0.717) is 37.2 Å². The highest BCUT2D eigenvalue weighted by Gasteiger charge is 2.22. The Hall–Kier alpha value is -2.23. The molecule has 2 atom stereocenters. The Kier molecular flexibility index (Phi) is 7.11. The largest absolute Gasteiger partial charge is 0.448 e. The second-order valence-corrected chi connectivity index (χ2v) is 5.75. The molecule has 0 unspecified atom stereocenters. The Labute approximate surface area is 145 Å². The number of rotatable bonds is 7. The van der Waals surface area contributed by atoms with Crippen molar-refractivity contribution < 1.29 is 23.5 Å². The lowest BCUT2D eigenvalue weighted by atomic mass is 10.0. The van der Waals surface area contributed by atoms with Crippen LogP contribution in [-0.2, 0) is 20.7 Å². The third-order valence-corrected chi connectivity index (χ3v) is 3.89. The fraction of sp³-hybridized carbons (Fsp3) is 0.500. The quantitative estimate of drug-likeness (QED) is 0.550. The highest BCUT2D eigenvalue weighted by atomic mass is 19.1. The molecular formula is C16H23FN4O4. The molecule has 0 aliphatic carbocycles. The number of hydrogen-bond acceptors (Lipinski definition) is 6. The molecular weight excluding hydrogens is 331 g/mol. The molecule has 0 aromatic heterocycles. The third-order valence-electron chi connectivity index (χ3n) is 3.89. The van der Waals surface area contributed by atoms with E-state index in [1.165, 1.54) is 12.1 Å². The lowest BCUT2D eigenvalue weighted by molar-refractivity contribution is -0.114. The molecule has 138 valence electrons. The van der Waals surface area contributed by atoms with Crippen molar-refractivity contribution in [3.63, 3.8) is 0 Å². The van der Waals surface area contributed by atoms with Gasteiger partial charge in [0.15, 0.2) is 0 Å². The van der Waals surface area contributed by atoms with Crippen LogP contribution in [0.15, 0.2) is 18.2 Å². The smallest absolute Gasteiger partial charge is 0.404 e. The summed E-state index contributed by atoms with van der Waals surface area (Å²) >= 11 is 0. The first kappa shape index (κ1) is 19.1. The molecule has 2 amide bonds. The van der Waals surface area contributed by atoms with Crippen LogP contribution >= 0.6 is 0 Å². The number of benzene rings is 1. The maximum Gasteiger partial charge on any atom is 0.404 e. The topological polar surface area (TPSA) is 129 Å². The maximum atomic E-state index is 14.1. The summed E-state index contributed by atoms with van der Waals surface area (Å²) in [4.78, 5) is 22.0. The van der Waals surface area contributed by atoms with Gasteiger partial charge >= 0.3 is 6.09 Å². The zero-order valence-electron chi connectivity index (χ0n) is 13.8. The van der Waals surface area contributed by atoms with Gasteiger partial charge in [-0.2, -0.15) is 0 Å². The van der Waals surface area contributed by atoms with E-state index >= 15 is 0 Å². The van der Waals surface area contributed by atoms with Crippen LogP contribution in [0, 0.1) is 5.82 Å². The summed E-state index contributed by atoms with van der Waals surface area (Å²) in [7, 11) is 0. The van der Waals surface area contributed by atoms with E-state index in [4.69, 9.17) is 20.9 Å². The van der Waals surface area contributed by atoms with Gasteiger partial charge in [0.25, 0.3) is 0 Å². The van der Waals surface area contributed by atoms with Crippen molar-refractivity contribution in [2.24, 2.45) is 11.5 Å². The Balaban J connectivity index is 1.86. The summed E-state index contributed by atoms with van der Waals surface area (Å²) < 4.78 is 24.5. The van der Waals surface area contributed by atoms with Gasteiger partial charge in [-0.3, -0.25) is 4.79 Å². The summed E-state index contributed by atoms with van der Waals surface area (Å²) in [5.74, 6) is -0.758. The van der Waals surface area contributed by atoms with Crippen molar-refractivity contribution >= 4 is 17.7 Å². The predicted octanol–water partition coefficient (Wildman–Crippen LogP) is 0.108. The van der Waals surface area contributed by atoms with E-state index in [9.17, 15) is 14.0 Å². The molecule has 1 aromatic rings. The van der Waals surface area contributed by atoms with E-state index in [2.05, 4.69) is 10.6 Å². The Morgan fingerprint density at radius 3 is 2.88 bits per heavy atom. The first-order chi connectivity index (χ1) is 12.0. The fourth-order valence-corrected chi connectivity index (χ4v) is 2.58. The van der Waals surface area contributed by atoms with E-state index < -0.39 is 6.09 Å². The highest BCUT2D eigenvalue weighted by molar-refractivity contribution is 5.92. The number of amides is 2. The minimum Gasteiger partial charge on any atom is -0.448 e. The first-order valence-corrected chi connectivity index (χ1v) is 8.04. The monoisotopic (exact) mass is 354 g/mol. The van der Waals surface area contributed by atoms with Crippen LogP contribution in [0.3, 0.4) is 0 Å². The number of carbonyl (C=O) groups is 2. The zero-order valence-corrected chi connectivity index (χ0v) is 13.8. The summed E-state index contributed by atoms with van der Waals surface area (Å²) in [6.07, 6.45) is 0.0443. The van der Waals surface area contributed by atoms with Crippen LogP contribution in [0.1, 0.15) is 12.0 Å². The van der Waals surface area contributed by atoms with Crippen LogP contribution in [0.4, 0.5) is 14.9 Å². The molecule has 1 fully saturated rings. The standard InChI is InChI=1S/C16H23FN4O4/c17-13-2-1-3-14(21-15(22)6-18)12(13)5-4-11-7-20-10(8-24-11)9-25-16(19)23/h1-3,10-11,20H,4-9,18H2,(H2,19,23)(H,21,22)/t10-,11+/m0/s1. The van der Waals surface area contributed by atoms with E-state index in [0.717, 1.165) is 0 Å². The molecule has 0 radical (unpaired) electrons. The molecule has 2 rings (SSSR count). The molecule has 8 nitrogen and oxygen atoms in total. The number of halogens is 1. The average Bonchev–Trinajstić information content (AvgIpc) is 2.60. The van der Waals surface area contributed by atoms with Crippen LogP contribution in [0.5, 0.6) is 0 Å². The zero-order chi connectivity index (χ0) is 18.2. The SMILES string of the molecule is NCC(=O)Nc1cccc(F)c1CC[C@@H]1CN[C@H](COC(N)=O)CO1. The fourth-order valence-electron chi connectivity index (χ4n) is 2.58. The summed E-state index contributed by atoms with van der Waals surface area (Å²) in [5.41, 5.74) is 11.0. The number of primary amides is 1. The van der Waals surface area contributed by atoms with Crippen LogP contribution < -0.4 is 22.1 Å². The van der Waals surface area contributed by atoms with Crippen molar-refractivity contribution in [3.8, 4) is 0 Å². The van der Waals surface area contributed by atoms with Gasteiger partial charge in [-0.1, -0.05) is 6.07 Å². The maximum absolute atomic E-state index is 14.1. The Morgan fingerprint density at radius 1 is 1.44 bits per heavy atom. The number of nitrogens with one attached hydrogen (secondary N) is 2. The lowest BCUT2D eigenvalue weighted by Crippen LogP contribution is -2.49. The van der Waals surface area contributed by atoms with E-state index in [-0.39, 0.29) is 37.0 Å². The molecule has 0 spiro atoms. The van der Waals surface area contributed by atoms with Crippen molar-refractivity contribution in [1.82, 2.24) is 5.32 Å². The first-order valence-electron chi connectivity index (χ1n) is 8.04. The molecule has 1 aliphatic heterocycles. The molecule has 9 heteroatoms. The molecule has 1 saturated heterocycles. The number of anilines is 1. The summed E-state index contributed by atoms with van der Waals surface area (Å²) in [6, 6.07) is 4.41.